The summed E-state index contributed by atoms with van der Waals surface area (Å²) >= 11 is 0. The molecule has 16 rings (SSSR count). The Labute approximate surface area is 803 Å². The minimum absolute atomic E-state index is 0.0793. The van der Waals surface area contributed by atoms with E-state index < -0.39 is 0 Å². The monoisotopic (exact) mass is 1850 g/mol. The molecule has 8 saturated heterocycles. The lowest BCUT2D eigenvalue weighted by atomic mass is 9.59. The number of amides is 4. The summed E-state index contributed by atoms with van der Waals surface area (Å²) in [5.74, 6) is 18.7. The summed E-state index contributed by atoms with van der Waals surface area (Å²) in [6.07, 6.45) is 43.5. The second kappa shape index (κ2) is 53.9. The molecule has 16 aliphatic rings. The van der Waals surface area contributed by atoms with Crippen LogP contribution < -0.4 is 0 Å². The number of ether oxygens (including phenoxy) is 8. The van der Waals surface area contributed by atoms with Crippen molar-refractivity contribution in [2.24, 2.45) is 166 Å². The van der Waals surface area contributed by atoms with Crippen LogP contribution in [0.3, 0.4) is 0 Å². The lowest BCUT2D eigenvalue weighted by Gasteiger charge is -2.49. The molecule has 16 atom stereocenters. The molecule has 760 valence electrons. The van der Waals surface area contributed by atoms with Crippen LogP contribution in [0, 0.1) is 166 Å². The van der Waals surface area contributed by atoms with E-state index in [9.17, 15) is 38.4 Å². The van der Waals surface area contributed by atoms with Crippen molar-refractivity contribution in [3.05, 3.63) is 0 Å². The van der Waals surface area contributed by atoms with Gasteiger partial charge in [-0.1, -0.05) is 124 Å². The first-order valence-electron chi connectivity index (χ1n) is 55.5. The number of carbonyl (C=O) groups is 8. The summed E-state index contributed by atoms with van der Waals surface area (Å²) in [6, 6.07) is 3.55. The van der Waals surface area contributed by atoms with E-state index in [2.05, 4.69) is 111 Å². The topological polar surface area (TPSA) is 223 Å². The standard InChI is InChI=1S/2C15H26O2.2C14H25NO2.2C14H24O2.2C13H23NO2/c2*1-4-17-15(16)14-11-6-5-7-12(14)9-13(8-11)10(2)3;2*1-4-17-14(16)15-12-6-5-7-13(15)9-11(8-12)10(2)3;2*1-4-16-14(15)13-10-5-6-11(13)8-12(7-10)9(2)3;2*1-4-16-13(15)14-11-5-6-12(14)8-10(7-11)9(2)3/h2*10-14H,4-9H2,1-3H3;2*10-13H,4-9H2,1-3H3;2*9-13H,4-8H2,1-3H3;2*9-12H,4-8H2,1-3H3. The maximum atomic E-state index is 12.1. The molecule has 0 spiro atoms. The van der Waals surface area contributed by atoms with Crippen LogP contribution in [0.5, 0.6) is 0 Å². The Kier molecular flexibility index (Phi) is 45.2. The Bertz CT molecular complexity index is 2920. The average molecular weight is 1850 g/mol. The first-order chi connectivity index (χ1) is 63.0. The molecule has 20 nitrogen and oxygen atoms in total. The van der Waals surface area contributed by atoms with Crippen molar-refractivity contribution in [2.75, 3.05) is 52.9 Å². The van der Waals surface area contributed by atoms with Gasteiger partial charge in [-0.15, -0.1) is 0 Å². The highest BCUT2D eigenvalue weighted by molar-refractivity contribution is 5.76. The van der Waals surface area contributed by atoms with Crippen LogP contribution in [-0.4, -0.2) is 169 Å². The van der Waals surface area contributed by atoms with Crippen molar-refractivity contribution in [2.45, 2.75) is 446 Å². The first kappa shape index (κ1) is 111. The van der Waals surface area contributed by atoms with Crippen molar-refractivity contribution in [1.29, 1.82) is 0 Å². The molecule has 16 unspecified atom stereocenters. The SMILES string of the molecule is CCOC(=O)C1C2CCC1CC(C(C)C)C2.CCOC(=O)C1C2CCC1CC(C(C)C)C2.CCOC(=O)C1C2CCCC1CC(C(C)C)C2.CCOC(=O)C1C2CCCC1CC(C(C)C)C2.CCOC(=O)N1C2CCC1CC(C(C)C)C2.CCOC(=O)N1C2CCC1CC(C(C)C)C2.CCOC(=O)N1C2CCCC1CC(C(C)C)C2.CCOC(=O)N1C2CCCC1CC(C(C)C)C2. The van der Waals surface area contributed by atoms with Gasteiger partial charge in [0, 0.05) is 48.3 Å². The normalized spacial score (nSPS) is 35.2. The van der Waals surface area contributed by atoms with Crippen molar-refractivity contribution in [3.8, 4) is 0 Å². The molecular weight excluding hydrogens is 1660 g/mol. The molecule has 16 bridgehead atoms. The molecule has 132 heavy (non-hydrogen) atoms. The third-order valence-corrected chi connectivity index (χ3v) is 36.3. The number of rotatable bonds is 20. The molecule has 8 saturated carbocycles. The lowest BCUT2D eigenvalue weighted by molar-refractivity contribution is -0.158. The highest BCUT2D eigenvalue weighted by atomic mass is 16.6. The Morgan fingerprint density at radius 1 is 0.189 bits per heavy atom. The second-order valence-electron chi connectivity index (χ2n) is 46.7. The minimum Gasteiger partial charge on any atom is -0.466 e. The molecule has 8 aliphatic carbocycles. The third-order valence-electron chi connectivity index (χ3n) is 36.3. The quantitative estimate of drug-likeness (QED) is 0.0816. The van der Waals surface area contributed by atoms with Crippen LogP contribution in [0.4, 0.5) is 19.2 Å². The van der Waals surface area contributed by atoms with Gasteiger partial charge in [-0.05, 0) is 416 Å². The summed E-state index contributed by atoms with van der Waals surface area (Å²) in [5, 5.41) is 0. The van der Waals surface area contributed by atoms with Crippen molar-refractivity contribution >= 4 is 48.3 Å². The molecule has 4 amide bonds. The molecule has 8 aliphatic heterocycles. The van der Waals surface area contributed by atoms with Crippen LogP contribution >= 0.6 is 0 Å². The number of nitrogens with zero attached hydrogens (tertiary/aromatic N) is 4. The predicted molar refractivity (Wildman–Crippen MR) is 527 cm³/mol. The van der Waals surface area contributed by atoms with E-state index in [4.69, 9.17) is 37.9 Å². The van der Waals surface area contributed by atoms with Gasteiger partial charge in [-0.3, -0.25) is 19.2 Å². The van der Waals surface area contributed by atoms with Gasteiger partial charge < -0.3 is 57.5 Å². The van der Waals surface area contributed by atoms with Gasteiger partial charge in [0.15, 0.2) is 0 Å². The largest absolute Gasteiger partial charge is 0.466 e. The molecule has 16 fully saturated rings. The van der Waals surface area contributed by atoms with Crippen LogP contribution in [-0.2, 0) is 57.1 Å². The van der Waals surface area contributed by atoms with Gasteiger partial charge in [0.25, 0.3) is 0 Å². The van der Waals surface area contributed by atoms with E-state index in [1.54, 1.807) is 0 Å². The van der Waals surface area contributed by atoms with E-state index in [1.165, 1.54) is 231 Å². The fourth-order valence-electron chi connectivity index (χ4n) is 28.8. The summed E-state index contributed by atoms with van der Waals surface area (Å²) in [6.45, 7) is 56.2. The van der Waals surface area contributed by atoms with Gasteiger partial charge in [0.1, 0.15) is 0 Å². The zero-order valence-electron chi connectivity index (χ0n) is 88.2. The summed E-state index contributed by atoms with van der Waals surface area (Å²) in [7, 11) is 0. The van der Waals surface area contributed by atoms with E-state index in [0.29, 0.717) is 149 Å². The van der Waals surface area contributed by atoms with Gasteiger partial charge in [-0.2, -0.15) is 0 Å². The van der Waals surface area contributed by atoms with Gasteiger partial charge in [0.05, 0.1) is 76.5 Å². The number of hydrogen-bond acceptors (Lipinski definition) is 16. The van der Waals surface area contributed by atoms with Gasteiger partial charge in [-0.25, -0.2) is 19.2 Å². The number of fused-ring (bicyclic) bond motifs is 16. The van der Waals surface area contributed by atoms with Crippen molar-refractivity contribution in [3.63, 3.8) is 0 Å². The Morgan fingerprint density at radius 3 is 0.477 bits per heavy atom. The zero-order valence-corrected chi connectivity index (χ0v) is 88.2. The Morgan fingerprint density at radius 2 is 0.326 bits per heavy atom. The van der Waals surface area contributed by atoms with Crippen molar-refractivity contribution in [1.82, 2.24) is 19.6 Å². The van der Waals surface area contributed by atoms with E-state index in [1.807, 2.05) is 75.0 Å². The van der Waals surface area contributed by atoms with E-state index in [0.717, 1.165) is 94.7 Å². The molecule has 0 N–H and O–H groups in total. The summed E-state index contributed by atoms with van der Waals surface area (Å²) < 4.78 is 41.7. The highest BCUT2D eigenvalue weighted by Crippen LogP contribution is 2.56. The number of esters is 4. The second-order valence-corrected chi connectivity index (χ2v) is 46.7. The zero-order chi connectivity index (χ0) is 96.5. The van der Waals surface area contributed by atoms with Gasteiger partial charge in [0.2, 0.25) is 0 Å². The molecular formula is C112H196N4O16. The number of hydrogen-bond donors (Lipinski definition) is 0. The molecule has 0 aromatic rings. The molecule has 0 radical (unpaired) electrons. The fraction of sp³-hybridized carbons (Fsp3) is 0.929. The highest BCUT2D eigenvalue weighted by Gasteiger charge is 2.53. The minimum atomic E-state index is -0.0859. The van der Waals surface area contributed by atoms with Crippen LogP contribution in [0.2, 0.25) is 0 Å². The number of carbonyl (C=O) groups excluding carboxylic acids is 8. The first-order valence-corrected chi connectivity index (χ1v) is 55.5. The Balaban J connectivity index is 0.000000170. The van der Waals surface area contributed by atoms with E-state index >= 15 is 0 Å². The Hall–Kier alpha value is -5.04. The predicted octanol–water partition coefficient (Wildman–Crippen LogP) is 26.8. The van der Waals surface area contributed by atoms with Crippen LogP contribution in [0.1, 0.15) is 397 Å². The molecule has 20 heteroatoms. The lowest BCUT2D eigenvalue weighted by Crippen LogP contribution is -2.55. The smallest absolute Gasteiger partial charge is 0.410 e. The fourth-order valence-corrected chi connectivity index (χ4v) is 28.8. The molecule has 0 aromatic heterocycles. The average Bonchev–Trinajstić information content (AvgIpc) is 1.72. The van der Waals surface area contributed by atoms with E-state index in [-0.39, 0.29) is 71.9 Å². The third kappa shape index (κ3) is 29.5. The van der Waals surface area contributed by atoms with Gasteiger partial charge >= 0.3 is 48.3 Å². The summed E-state index contributed by atoms with van der Waals surface area (Å²) in [5.41, 5.74) is 0. The number of piperidine rings is 6. The maximum absolute atomic E-state index is 12.1. The maximum Gasteiger partial charge on any atom is 0.410 e. The summed E-state index contributed by atoms with van der Waals surface area (Å²) in [4.78, 5) is 104. The van der Waals surface area contributed by atoms with Crippen molar-refractivity contribution < 1.29 is 76.3 Å². The molecule has 0 aromatic carbocycles. The van der Waals surface area contributed by atoms with Crippen LogP contribution in [0.15, 0.2) is 0 Å². The van der Waals surface area contributed by atoms with Crippen LogP contribution in [0.25, 0.3) is 0 Å². The molecule has 8 heterocycles.